The predicted octanol–water partition coefficient (Wildman–Crippen LogP) is 2.66. The predicted molar refractivity (Wildman–Crippen MR) is 89.2 cm³/mol. The molecule has 2 aliphatic rings. The Morgan fingerprint density at radius 1 is 1.39 bits per heavy atom. The van der Waals surface area contributed by atoms with E-state index in [1.807, 2.05) is 23.1 Å². The number of rotatable bonds is 5. The largest absolute Gasteiger partial charge is 0.384 e. The standard InChI is InChI=1S/C19H27NO3/c1-22-15-19-11-5-13-23-17(19)10-12-20(14-19)18(21)9-8-16-6-3-2-4-7-16/h2-4,6-7,17H,5,8-15H2,1H3. The molecule has 0 aromatic heterocycles. The molecule has 0 aliphatic carbocycles. The molecule has 2 unspecified atom stereocenters. The van der Waals surface area contributed by atoms with Gasteiger partial charge in [0.15, 0.2) is 0 Å². The number of hydrogen-bond donors (Lipinski definition) is 0. The van der Waals surface area contributed by atoms with Gasteiger partial charge in [-0.05, 0) is 31.2 Å². The molecule has 126 valence electrons. The summed E-state index contributed by atoms with van der Waals surface area (Å²) >= 11 is 0. The van der Waals surface area contributed by atoms with Gasteiger partial charge in [-0.2, -0.15) is 0 Å². The molecule has 1 aromatic rings. The molecule has 1 amide bonds. The van der Waals surface area contributed by atoms with Crippen molar-refractivity contribution < 1.29 is 14.3 Å². The Morgan fingerprint density at radius 3 is 3.00 bits per heavy atom. The van der Waals surface area contributed by atoms with E-state index in [1.165, 1.54) is 5.56 Å². The summed E-state index contributed by atoms with van der Waals surface area (Å²) in [6.07, 6.45) is 4.72. The average molecular weight is 317 g/mol. The van der Waals surface area contributed by atoms with Crippen LogP contribution in [0, 0.1) is 5.41 Å². The van der Waals surface area contributed by atoms with Crippen LogP contribution in [0.15, 0.2) is 30.3 Å². The zero-order valence-corrected chi connectivity index (χ0v) is 14.0. The molecule has 3 rings (SSSR count). The van der Waals surface area contributed by atoms with Crippen molar-refractivity contribution in [2.45, 2.75) is 38.2 Å². The third-order valence-corrected chi connectivity index (χ3v) is 5.24. The van der Waals surface area contributed by atoms with Crippen molar-refractivity contribution in [2.24, 2.45) is 5.41 Å². The van der Waals surface area contributed by atoms with Gasteiger partial charge in [0.05, 0.1) is 12.7 Å². The van der Waals surface area contributed by atoms with Crippen LogP contribution in [0.25, 0.3) is 0 Å². The fourth-order valence-corrected chi connectivity index (χ4v) is 4.06. The van der Waals surface area contributed by atoms with Crippen molar-refractivity contribution in [1.29, 1.82) is 0 Å². The molecule has 0 bridgehead atoms. The van der Waals surface area contributed by atoms with E-state index in [-0.39, 0.29) is 17.4 Å². The van der Waals surface area contributed by atoms with Crippen LogP contribution < -0.4 is 0 Å². The quantitative estimate of drug-likeness (QED) is 0.838. The third-order valence-electron chi connectivity index (χ3n) is 5.24. The first-order valence-electron chi connectivity index (χ1n) is 8.66. The first-order valence-corrected chi connectivity index (χ1v) is 8.66. The van der Waals surface area contributed by atoms with E-state index in [4.69, 9.17) is 9.47 Å². The summed E-state index contributed by atoms with van der Waals surface area (Å²) in [5, 5.41) is 0. The van der Waals surface area contributed by atoms with Gasteiger partial charge in [0.25, 0.3) is 0 Å². The van der Waals surface area contributed by atoms with Crippen LogP contribution in [-0.2, 0) is 20.7 Å². The number of carbonyl (C=O) groups excluding carboxylic acids is 1. The van der Waals surface area contributed by atoms with Gasteiger partial charge in [0.2, 0.25) is 5.91 Å². The minimum atomic E-state index is -0.00629. The molecule has 0 spiro atoms. The van der Waals surface area contributed by atoms with E-state index in [2.05, 4.69) is 12.1 Å². The zero-order valence-electron chi connectivity index (χ0n) is 14.0. The SMILES string of the molecule is COCC12CCCOC1CCN(C(=O)CCc1ccccc1)C2. The molecule has 4 heteroatoms. The second-order valence-corrected chi connectivity index (χ2v) is 6.85. The number of carbonyl (C=O) groups is 1. The van der Waals surface area contributed by atoms with Gasteiger partial charge in [-0.15, -0.1) is 0 Å². The van der Waals surface area contributed by atoms with Crippen LogP contribution in [-0.4, -0.2) is 50.3 Å². The highest BCUT2D eigenvalue weighted by molar-refractivity contribution is 5.76. The number of piperidine rings is 1. The number of hydrogen-bond acceptors (Lipinski definition) is 3. The Morgan fingerprint density at radius 2 is 2.22 bits per heavy atom. The highest BCUT2D eigenvalue weighted by atomic mass is 16.5. The van der Waals surface area contributed by atoms with Crippen LogP contribution in [0.4, 0.5) is 0 Å². The molecule has 23 heavy (non-hydrogen) atoms. The summed E-state index contributed by atoms with van der Waals surface area (Å²) in [5.74, 6) is 0.258. The van der Waals surface area contributed by atoms with Crippen molar-refractivity contribution in [2.75, 3.05) is 33.4 Å². The smallest absolute Gasteiger partial charge is 0.222 e. The number of fused-ring (bicyclic) bond motifs is 1. The monoisotopic (exact) mass is 317 g/mol. The Hall–Kier alpha value is -1.39. The van der Waals surface area contributed by atoms with Crippen LogP contribution in [0.3, 0.4) is 0 Å². The van der Waals surface area contributed by atoms with E-state index in [0.717, 1.165) is 45.4 Å². The third kappa shape index (κ3) is 3.75. The summed E-state index contributed by atoms with van der Waals surface area (Å²) in [4.78, 5) is 14.7. The Labute approximate surface area is 138 Å². The molecule has 0 saturated carbocycles. The number of likely N-dealkylation sites (tertiary alicyclic amines) is 1. The lowest BCUT2D eigenvalue weighted by Crippen LogP contribution is -2.58. The van der Waals surface area contributed by atoms with Gasteiger partial charge < -0.3 is 14.4 Å². The van der Waals surface area contributed by atoms with Crippen molar-refractivity contribution >= 4 is 5.91 Å². The van der Waals surface area contributed by atoms with E-state index < -0.39 is 0 Å². The number of aryl methyl sites for hydroxylation is 1. The van der Waals surface area contributed by atoms with Gasteiger partial charge in [-0.3, -0.25) is 4.79 Å². The maximum atomic E-state index is 12.6. The molecule has 2 fully saturated rings. The Bertz CT molecular complexity index is 515. The summed E-state index contributed by atoms with van der Waals surface area (Å²) in [5.41, 5.74) is 1.22. The maximum Gasteiger partial charge on any atom is 0.222 e. The van der Waals surface area contributed by atoms with E-state index >= 15 is 0 Å². The molecule has 2 aliphatic heterocycles. The molecule has 2 saturated heterocycles. The van der Waals surface area contributed by atoms with Gasteiger partial charge in [-0.1, -0.05) is 30.3 Å². The fourth-order valence-electron chi connectivity index (χ4n) is 4.06. The molecule has 2 atom stereocenters. The van der Waals surface area contributed by atoms with Gasteiger partial charge in [-0.25, -0.2) is 0 Å². The van der Waals surface area contributed by atoms with Crippen LogP contribution in [0.2, 0.25) is 0 Å². The molecular weight excluding hydrogens is 290 g/mol. The highest BCUT2D eigenvalue weighted by Gasteiger charge is 2.46. The lowest BCUT2D eigenvalue weighted by atomic mass is 9.73. The van der Waals surface area contributed by atoms with Crippen molar-refractivity contribution in [3.63, 3.8) is 0 Å². The van der Waals surface area contributed by atoms with E-state index in [9.17, 15) is 4.79 Å². The molecule has 4 nitrogen and oxygen atoms in total. The van der Waals surface area contributed by atoms with E-state index in [0.29, 0.717) is 13.0 Å². The zero-order chi connectivity index (χ0) is 16.1. The van der Waals surface area contributed by atoms with Crippen molar-refractivity contribution in [3.8, 4) is 0 Å². The number of amides is 1. The summed E-state index contributed by atoms with van der Waals surface area (Å²) in [6.45, 7) is 3.11. The lowest BCUT2D eigenvalue weighted by Gasteiger charge is -2.50. The first kappa shape index (κ1) is 16.5. The number of benzene rings is 1. The topological polar surface area (TPSA) is 38.8 Å². The highest BCUT2D eigenvalue weighted by Crippen LogP contribution is 2.40. The fraction of sp³-hybridized carbons (Fsp3) is 0.632. The normalized spacial score (nSPS) is 27.5. The van der Waals surface area contributed by atoms with Crippen LogP contribution in [0.5, 0.6) is 0 Å². The Balaban J connectivity index is 1.60. The molecule has 0 radical (unpaired) electrons. The molecule has 0 N–H and O–H groups in total. The Kier molecular flexibility index (Phi) is 5.34. The maximum absolute atomic E-state index is 12.6. The summed E-state index contributed by atoms with van der Waals surface area (Å²) in [7, 11) is 1.75. The van der Waals surface area contributed by atoms with Crippen molar-refractivity contribution in [3.05, 3.63) is 35.9 Å². The lowest BCUT2D eigenvalue weighted by molar-refractivity contribution is -0.162. The first-order chi connectivity index (χ1) is 11.2. The second kappa shape index (κ2) is 7.45. The minimum Gasteiger partial charge on any atom is -0.384 e. The number of ether oxygens (including phenoxy) is 2. The molecule has 2 heterocycles. The summed E-state index contributed by atoms with van der Waals surface area (Å²) < 4.78 is 11.5. The van der Waals surface area contributed by atoms with Gasteiger partial charge in [0.1, 0.15) is 0 Å². The number of methoxy groups -OCH3 is 1. The second-order valence-electron chi connectivity index (χ2n) is 6.85. The number of nitrogens with zero attached hydrogens (tertiary/aromatic N) is 1. The van der Waals surface area contributed by atoms with Crippen molar-refractivity contribution in [1.82, 2.24) is 4.90 Å². The van der Waals surface area contributed by atoms with Crippen LogP contribution in [0.1, 0.15) is 31.2 Å². The minimum absolute atomic E-state index is 0.00629. The van der Waals surface area contributed by atoms with Gasteiger partial charge in [0, 0.05) is 38.6 Å². The van der Waals surface area contributed by atoms with Gasteiger partial charge >= 0.3 is 0 Å². The summed E-state index contributed by atoms with van der Waals surface area (Å²) in [6, 6.07) is 10.2. The molecule has 1 aromatic carbocycles. The van der Waals surface area contributed by atoms with Crippen LogP contribution >= 0.6 is 0 Å². The van der Waals surface area contributed by atoms with E-state index in [1.54, 1.807) is 7.11 Å². The average Bonchev–Trinajstić information content (AvgIpc) is 2.60. The molecular formula is C19H27NO3.